The Labute approximate surface area is 140 Å². The molecule has 1 aliphatic heterocycles. The molecule has 5 nitrogen and oxygen atoms in total. The van der Waals surface area contributed by atoms with Crippen LogP contribution in [0.1, 0.15) is 46.9 Å². The number of nitrogens with zero attached hydrogens (tertiary/aromatic N) is 3. The van der Waals surface area contributed by atoms with E-state index in [1.54, 1.807) is 36.8 Å². The molecule has 0 aliphatic carbocycles. The Balaban J connectivity index is 1.73. The number of aryl methyl sites for hydroxylation is 1. The van der Waals surface area contributed by atoms with Crippen molar-refractivity contribution < 1.29 is 9.53 Å². The van der Waals surface area contributed by atoms with Crippen LogP contribution >= 0.6 is 11.3 Å². The zero-order valence-electron chi connectivity index (χ0n) is 13.5. The Morgan fingerprint density at radius 2 is 2.39 bits per heavy atom. The van der Waals surface area contributed by atoms with E-state index in [2.05, 4.69) is 17.3 Å². The molecule has 2 aromatic rings. The molecule has 1 aliphatic rings. The molecule has 23 heavy (non-hydrogen) atoms. The normalized spacial score (nSPS) is 18.0. The van der Waals surface area contributed by atoms with E-state index in [1.165, 1.54) is 0 Å². The molecule has 1 unspecified atom stereocenters. The molecule has 3 heterocycles. The van der Waals surface area contributed by atoms with Gasteiger partial charge in [-0.2, -0.15) is 0 Å². The van der Waals surface area contributed by atoms with Gasteiger partial charge in [0.05, 0.1) is 17.8 Å². The molecule has 0 bridgehead atoms. The lowest BCUT2D eigenvalue weighted by Crippen LogP contribution is -2.39. The van der Waals surface area contributed by atoms with E-state index in [9.17, 15) is 4.79 Å². The lowest BCUT2D eigenvalue weighted by atomic mass is 9.98. The van der Waals surface area contributed by atoms with Gasteiger partial charge in [-0.25, -0.2) is 4.98 Å². The second kappa shape index (κ2) is 7.08. The van der Waals surface area contributed by atoms with Crippen LogP contribution in [0.2, 0.25) is 0 Å². The zero-order valence-corrected chi connectivity index (χ0v) is 14.3. The van der Waals surface area contributed by atoms with Gasteiger partial charge in [0.2, 0.25) is 0 Å². The molecule has 0 saturated carbocycles. The summed E-state index contributed by atoms with van der Waals surface area (Å²) in [4.78, 5) is 23.5. The van der Waals surface area contributed by atoms with Crippen molar-refractivity contribution in [3.8, 4) is 5.75 Å². The second-order valence-electron chi connectivity index (χ2n) is 5.70. The second-order valence-corrected chi connectivity index (χ2v) is 6.59. The number of thiazole rings is 1. The fraction of sp³-hybridized carbons (Fsp3) is 0.471. The molecule has 0 radical (unpaired) electrons. The smallest absolute Gasteiger partial charge is 0.272 e. The number of amides is 1. The number of ether oxygens (including phenoxy) is 1. The maximum atomic E-state index is 12.7. The zero-order chi connectivity index (χ0) is 16.2. The van der Waals surface area contributed by atoms with E-state index in [1.807, 2.05) is 4.90 Å². The summed E-state index contributed by atoms with van der Waals surface area (Å²) in [6.07, 6.45) is 4.66. The highest BCUT2D eigenvalue weighted by Crippen LogP contribution is 2.30. The number of piperidine rings is 1. The topological polar surface area (TPSA) is 55.3 Å². The molecular weight excluding hydrogens is 310 g/mol. The van der Waals surface area contributed by atoms with Gasteiger partial charge >= 0.3 is 0 Å². The largest absolute Gasteiger partial charge is 0.497 e. The molecule has 0 N–H and O–H groups in total. The SMILES string of the molecule is CCc1csc(C2CCCN(C(=O)c3cc(OC)ccn3)C2)n1. The minimum absolute atomic E-state index is 0.0270. The number of pyridine rings is 1. The Kier molecular flexibility index (Phi) is 4.91. The highest BCUT2D eigenvalue weighted by molar-refractivity contribution is 7.09. The summed E-state index contributed by atoms with van der Waals surface area (Å²) in [5, 5.41) is 3.28. The van der Waals surface area contributed by atoms with Gasteiger partial charge in [-0.05, 0) is 25.3 Å². The van der Waals surface area contributed by atoms with Crippen LogP contribution < -0.4 is 4.74 Å². The average molecular weight is 331 g/mol. The summed E-state index contributed by atoms with van der Waals surface area (Å²) in [6, 6.07) is 3.45. The Hall–Kier alpha value is -1.95. The van der Waals surface area contributed by atoms with Crippen LogP contribution in [0.15, 0.2) is 23.7 Å². The van der Waals surface area contributed by atoms with E-state index in [4.69, 9.17) is 9.72 Å². The highest BCUT2D eigenvalue weighted by atomic mass is 32.1. The monoisotopic (exact) mass is 331 g/mol. The van der Waals surface area contributed by atoms with Crippen molar-refractivity contribution in [3.63, 3.8) is 0 Å². The van der Waals surface area contributed by atoms with Crippen LogP contribution in [-0.4, -0.2) is 41.0 Å². The standard InChI is InChI=1S/C17H21N3O2S/c1-3-13-11-23-16(19-13)12-5-4-8-20(10-12)17(21)15-9-14(22-2)6-7-18-15/h6-7,9,11-12H,3-5,8,10H2,1-2H3. The highest BCUT2D eigenvalue weighted by Gasteiger charge is 2.27. The van der Waals surface area contributed by atoms with Gasteiger partial charge in [-0.1, -0.05) is 6.92 Å². The van der Waals surface area contributed by atoms with Crippen LogP contribution in [0, 0.1) is 0 Å². The fourth-order valence-corrected chi connectivity index (χ4v) is 3.88. The van der Waals surface area contributed by atoms with E-state index in [-0.39, 0.29) is 5.91 Å². The predicted octanol–water partition coefficient (Wildman–Crippen LogP) is 3.13. The first kappa shape index (κ1) is 15.9. The van der Waals surface area contributed by atoms with Crippen LogP contribution in [-0.2, 0) is 6.42 Å². The van der Waals surface area contributed by atoms with Gasteiger partial charge < -0.3 is 9.64 Å². The first-order valence-electron chi connectivity index (χ1n) is 7.95. The molecule has 122 valence electrons. The number of rotatable bonds is 4. The summed E-state index contributed by atoms with van der Waals surface area (Å²) >= 11 is 1.71. The van der Waals surface area contributed by atoms with Crippen molar-refractivity contribution in [1.82, 2.24) is 14.9 Å². The van der Waals surface area contributed by atoms with Gasteiger partial charge in [0, 0.05) is 36.7 Å². The van der Waals surface area contributed by atoms with Gasteiger partial charge in [0.25, 0.3) is 5.91 Å². The maximum absolute atomic E-state index is 12.7. The summed E-state index contributed by atoms with van der Waals surface area (Å²) in [5.41, 5.74) is 1.58. The molecule has 1 saturated heterocycles. The van der Waals surface area contributed by atoms with Gasteiger partial charge in [-0.15, -0.1) is 11.3 Å². The van der Waals surface area contributed by atoms with Crippen LogP contribution in [0.25, 0.3) is 0 Å². The van der Waals surface area contributed by atoms with Crippen molar-refractivity contribution in [2.45, 2.75) is 32.1 Å². The lowest BCUT2D eigenvalue weighted by Gasteiger charge is -2.31. The molecule has 0 aromatic carbocycles. The first-order chi connectivity index (χ1) is 11.2. The average Bonchev–Trinajstić information content (AvgIpc) is 3.10. The van der Waals surface area contributed by atoms with Gasteiger partial charge in [-0.3, -0.25) is 9.78 Å². The number of carbonyl (C=O) groups excluding carboxylic acids is 1. The molecule has 6 heteroatoms. The van der Waals surface area contributed by atoms with Crippen LogP contribution in [0.4, 0.5) is 0 Å². The fourth-order valence-electron chi connectivity index (χ4n) is 2.85. The minimum atomic E-state index is -0.0270. The van der Waals surface area contributed by atoms with Gasteiger partial charge in [0.1, 0.15) is 11.4 Å². The van der Waals surface area contributed by atoms with Gasteiger partial charge in [0.15, 0.2) is 0 Å². The molecular formula is C17H21N3O2S. The molecule has 3 rings (SSSR count). The Morgan fingerprint density at radius 3 is 3.13 bits per heavy atom. The van der Waals surface area contributed by atoms with E-state index in [0.717, 1.165) is 36.5 Å². The first-order valence-corrected chi connectivity index (χ1v) is 8.82. The third-order valence-electron chi connectivity index (χ3n) is 4.18. The number of likely N-dealkylation sites (tertiary alicyclic amines) is 1. The maximum Gasteiger partial charge on any atom is 0.272 e. The summed E-state index contributed by atoms with van der Waals surface area (Å²) in [7, 11) is 1.59. The Morgan fingerprint density at radius 1 is 1.52 bits per heavy atom. The Bertz CT molecular complexity index is 686. The molecule has 0 spiro atoms. The predicted molar refractivity (Wildman–Crippen MR) is 90.2 cm³/mol. The minimum Gasteiger partial charge on any atom is -0.497 e. The molecule has 1 fully saturated rings. The van der Waals surface area contributed by atoms with E-state index >= 15 is 0 Å². The number of hydrogen-bond donors (Lipinski definition) is 0. The number of hydrogen-bond acceptors (Lipinski definition) is 5. The van der Waals surface area contributed by atoms with E-state index < -0.39 is 0 Å². The molecule has 1 atom stereocenters. The third-order valence-corrected chi connectivity index (χ3v) is 5.23. The summed E-state index contributed by atoms with van der Waals surface area (Å²) in [5.74, 6) is 0.967. The number of aromatic nitrogens is 2. The quantitative estimate of drug-likeness (QED) is 0.864. The molecule has 2 aromatic heterocycles. The van der Waals surface area contributed by atoms with Crippen molar-refractivity contribution in [2.75, 3.05) is 20.2 Å². The van der Waals surface area contributed by atoms with Crippen molar-refractivity contribution in [2.24, 2.45) is 0 Å². The number of carbonyl (C=O) groups is 1. The van der Waals surface area contributed by atoms with Crippen molar-refractivity contribution in [3.05, 3.63) is 40.1 Å². The van der Waals surface area contributed by atoms with Crippen LogP contribution in [0.5, 0.6) is 5.75 Å². The summed E-state index contributed by atoms with van der Waals surface area (Å²) in [6.45, 7) is 3.61. The van der Waals surface area contributed by atoms with Crippen LogP contribution in [0.3, 0.4) is 0 Å². The lowest BCUT2D eigenvalue weighted by molar-refractivity contribution is 0.0700. The summed E-state index contributed by atoms with van der Waals surface area (Å²) < 4.78 is 5.18. The third kappa shape index (κ3) is 3.52. The molecule has 1 amide bonds. The number of methoxy groups -OCH3 is 1. The van der Waals surface area contributed by atoms with E-state index in [0.29, 0.717) is 23.9 Å². The van der Waals surface area contributed by atoms with Crippen molar-refractivity contribution >= 4 is 17.2 Å². The van der Waals surface area contributed by atoms with Crippen molar-refractivity contribution in [1.29, 1.82) is 0 Å².